The normalized spacial score (nSPS) is 28.5. The van der Waals surface area contributed by atoms with Crippen LogP contribution in [0.4, 0.5) is 4.39 Å². The van der Waals surface area contributed by atoms with Crippen LogP contribution in [0.1, 0.15) is 31.2 Å². The van der Waals surface area contributed by atoms with Crippen LogP contribution >= 0.6 is 0 Å². The topological polar surface area (TPSA) is 49.5 Å². The van der Waals surface area contributed by atoms with Crippen molar-refractivity contribution in [2.24, 2.45) is 17.6 Å². The van der Waals surface area contributed by atoms with E-state index in [1.807, 2.05) is 6.07 Å². The molecule has 0 amide bonds. The first kappa shape index (κ1) is 14.9. The van der Waals surface area contributed by atoms with Gasteiger partial charge in [0, 0.05) is 25.7 Å². The van der Waals surface area contributed by atoms with Gasteiger partial charge in [-0.25, -0.2) is 4.39 Å². The molecule has 1 aliphatic heterocycles. The second-order valence-corrected chi connectivity index (χ2v) is 6.83. The molecule has 0 aromatic heterocycles. The Labute approximate surface area is 125 Å². The summed E-state index contributed by atoms with van der Waals surface area (Å²) in [5.41, 5.74) is 7.16. The lowest BCUT2D eigenvalue weighted by Gasteiger charge is -2.37. The van der Waals surface area contributed by atoms with Crippen LogP contribution in [0.15, 0.2) is 24.3 Å². The summed E-state index contributed by atoms with van der Waals surface area (Å²) >= 11 is 0. The molecule has 1 saturated carbocycles. The van der Waals surface area contributed by atoms with Crippen LogP contribution in [0.25, 0.3) is 0 Å². The Kier molecular flexibility index (Phi) is 4.57. The fourth-order valence-electron chi connectivity index (χ4n) is 3.56. The molecule has 3 N–H and O–H groups in total. The first-order chi connectivity index (χ1) is 10.1. The van der Waals surface area contributed by atoms with Gasteiger partial charge in [-0.3, -0.25) is 4.90 Å². The van der Waals surface area contributed by atoms with Gasteiger partial charge < -0.3 is 10.8 Å². The maximum absolute atomic E-state index is 13.3. The SMILES string of the molecule is NC1CC(CC(O)C2CC2)CN(Cc2cccc(F)c2)C1. The highest BCUT2D eigenvalue weighted by atomic mass is 19.1. The van der Waals surface area contributed by atoms with Crippen LogP contribution in [-0.2, 0) is 6.54 Å². The largest absolute Gasteiger partial charge is 0.393 e. The summed E-state index contributed by atoms with van der Waals surface area (Å²) in [6.45, 7) is 2.54. The van der Waals surface area contributed by atoms with Gasteiger partial charge in [-0.1, -0.05) is 12.1 Å². The Morgan fingerprint density at radius 2 is 2.14 bits per heavy atom. The van der Waals surface area contributed by atoms with Gasteiger partial charge in [0.2, 0.25) is 0 Å². The molecule has 3 atom stereocenters. The molecule has 0 spiro atoms. The monoisotopic (exact) mass is 292 g/mol. The number of hydrogen-bond donors (Lipinski definition) is 2. The molecule has 1 aliphatic carbocycles. The van der Waals surface area contributed by atoms with E-state index in [1.165, 1.54) is 18.9 Å². The highest BCUT2D eigenvalue weighted by Crippen LogP contribution is 2.36. The minimum Gasteiger partial charge on any atom is -0.393 e. The minimum absolute atomic E-state index is 0.156. The Balaban J connectivity index is 1.57. The molecule has 2 fully saturated rings. The smallest absolute Gasteiger partial charge is 0.123 e. The summed E-state index contributed by atoms with van der Waals surface area (Å²) in [7, 11) is 0. The van der Waals surface area contributed by atoms with E-state index < -0.39 is 0 Å². The van der Waals surface area contributed by atoms with E-state index in [1.54, 1.807) is 12.1 Å². The quantitative estimate of drug-likeness (QED) is 0.874. The zero-order valence-electron chi connectivity index (χ0n) is 12.4. The van der Waals surface area contributed by atoms with Gasteiger partial charge in [0.05, 0.1) is 6.10 Å². The fourth-order valence-corrected chi connectivity index (χ4v) is 3.56. The van der Waals surface area contributed by atoms with Crippen LogP contribution in [0.3, 0.4) is 0 Å². The minimum atomic E-state index is -0.186. The van der Waals surface area contributed by atoms with Crippen LogP contribution in [0.5, 0.6) is 0 Å². The maximum Gasteiger partial charge on any atom is 0.123 e. The third-order valence-corrected chi connectivity index (χ3v) is 4.68. The number of rotatable bonds is 5. The van der Waals surface area contributed by atoms with Crippen molar-refractivity contribution >= 4 is 0 Å². The van der Waals surface area contributed by atoms with E-state index in [9.17, 15) is 9.50 Å². The number of nitrogens with zero attached hydrogens (tertiary/aromatic N) is 1. The molecule has 0 bridgehead atoms. The molecule has 1 heterocycles. The van der Waals surface area contributed by atoms with E-state index in [0.717, 1.165) is 38.0 Å². The first-order valence-corrected chi connectivity index (χ1v) is 8.00. The summed E-state index contributed by atoms with van der Waals surface area (Å²) < 4.78 is 13.3. The Morgan fingerprint density at radius 3 is 2.86 bits per heavy atom. The van der Waals surface area contributed by atoms with Crippen LogP contribution in [-0.4, -0.2) is 35.2 Å². The van der Waals surface area contributed by atoms with E-state index in [-0.39, 0.29) is 18.0 Å². The predicted octanol–water partition coefficient (Wildman–Crippen LogP) is 2.14. The van der Waals surface area contributed by atoms with Gasteiger partial charge in [-0.15, -0.1) is 0 Å². The standard InChI is InChI=1S/C17H25FN2O/c18-15-3-1-2-12(6-15)9-20-10-13(7-16(19)11-20)8-17(21)14-4-5-14/h1-3,6,13-14,16-17,21H,4-5,7-11,19H2. The van der Waals surface area contributed by atoms with Crippen molar-refractivity contribution in [3.8, 4) is 0 Å². The number of aliphatic hydroxyl groups is 1. The van der Waals surface area contributed by atoms with Crippen LogP contribution in [0.2, 0.25) is 0 Å². The van der Waals surface area contributed by atoms with E-state index in [4.69, 9.17) is 5.73 Å². The molecule has 4 heteroatoms. The molecule has 1 aromatic rings. The summed E-state index contributed by atoms with van der Waals surface area (Å²) in [4.78, 5) is 2.30. The second kappa shape index (κ2) is 6.42. The molecule has 116 valence electrons. The molecule has 3 nitrogen and oxygen atoms in total. The lowest BCUT2D eigenvalue weighted by atomic mass is 9.88. The molecular formula is C17H25FN2O. The number of likely N-dealkylation sites (tertiary alicyclic amines) is 1. The summed E-state index contributed by atoms with van der Waals surface area (Å²) in [5.74, 6) is 0.798. The molecular weight excluding hydrogens is 267 g/mol. The van der Waals surface area contributed by atoms with E-state index in [0.29, 0.717) is 11.8 Å². The van der Waals surface area contributed by atoms with Gasteiger partial charge >= 0.3 is 0 Å². The molecule has 21 heavy (non-hydrogen) atoms. The zero-order chi connectivity index (χ0) is 14.8. The van der Waals surface area contributed by atoms with Crippen molar-refractivity contribution in [3.05, 3.63) is 35.6 Å². The van der Waals surface area contributed by atoms with Crippen molar-refractivity contribution in [2.75, 3.05) is 13.1 Å². The van der Waals surface area contributed by atoms with Crippen LogP contribution < -0.4 is 5.73 Å². The number of hydrogen-bond acceptors (Lipinski definition) is 3. The lowest BCUT2D eigenvalue weighted by Crippen LogP contribution is -2.47. The van der Waals surface area contributed by atoms with Gasteiger partial charge in [0.1, 0.15) is 5.82 Å². The van der Waals surface area contributed by atoms with Gasteiger partial charge in [0.15, 0.2) is 0 Å². The van der Waals surface area contributed by atoms with Crippen molar-refractivity contribution in [1.82, 2.24) is 4.90 Å². The van der Waals surface area contributed by atoms with E-state index in [2.05, 4.69) is 4.90 Å². The number of halogens is 1. The van der Waals surface area contributed by atoms with Gasteiger partial charge in [-0.2, -0.15) is 0 Å². The average molecular weight is 292 g/mol. The second-order valence-electron chi connectivity index (χ2n) is 6.83. The third-order valence-electron chi connectivity index (χ3n) is 4.68. The zero-order valence-corrected chi connectivity index (χ0v) is 12.4. The molecule has 2 aliphatic rings. The molecule has 0 radical (unpaired) electrons. The molecule has 3 unspecified atom stereocenters. The predicted molar refractivity (Wildman–Crippen MR) is 81.1 cm³/mol. The van der Waals surface area contributed by atoms with Crippen molar-refractivity contribution < 1.29 is 9.50 Å². The van der Waals surface area contributed by atoms with Gasteiger partial charge in [0.25, 0.3) is 0 Å². The summed E-state index contributed by atoms with van der Waals surface area (Å²) in [6.07, 6.45) is 4.04. The lowest BCUT2D eigenvalue weighted by molar-refractivity contribution is 0.0780. The first-order valence-electron chi connectivity index (χ1n) is 8.00. The fraction of sp³-hybridized carbons (Fsp3) is 0.647. The third kappa shape index (κ3) is 4.25. The van der Waals surface area contributed by atoms with Gasteiger partial charge in [-0.05, 0) is 55.2 Å². The molecule has 3 rings (SSSR count). The summed E-state index contributed by atoms with van der Waals surface area (Å²) in [5, 5.41) is 10.1. The van der Waals surface area contributed by atoms with Crippen molar-refractivity contribution in [2.45, 2.75) is 44.4 Å². The molecule has 1 saturated heterocycles. The Morgan fingerprint density at radius 1 is 1.33 bits per heavy atom. The summed E-state index contributed by atoms with van der Waals surface area (Å²) in [6, 6.07) is 6.93. The number of nitrogens with two attached hydrogens (primary N) is 1. The van der Waals surface area contributed by atoms with Crippen molar-refractivity contribution in [1.29, 1.82) is 0 Å². The Bertz CT molecular complexity index is 478. The van der Waals surface area contributed by atoms with E-state index >= 15 is 0 Å². The number of aliphatic hydroxyl groups excluding tert-OH is 1. The molecule has 1 aromatic carbocycles. The number of piperidine rings is 1. The average Bonchev–Trinajstić information content (AvgIpc) is 3.21. The highest BCUT2D eigenvalue weighted by molar-refractivity contribution is 5.16. The van der Waals surface area contributed by atoms with Crippen molar-refractivity contribution in [3.63, 3.8) is 0 Å². The van der Waals surface area contributed by atoms with Crippen LogP contribution in [0, 0.1) is 17.7 Å². The highest BCUT2D eigenvalue weighted by Gasteiger charge is 2.33. The maximum atomic E-state index is 13.3. The Hall–Kier alpha value is -0.970. The number of benzene rings is 1.